The molecule has 1 aromatic rings. The number of benzene rings is 1. The predicted octanol–water partition coefficient (Wildman–Crippen LogP) is 2.01. The summed E-state index contributed by atoms with van der Waals surface area (Å²) in [6, 6.07) is 7.77. The molecule has 0 saturated carbocycles. The third kappa shape index (κ3) is 5.84. The van der Waals surface area contributed by atoms with E-state index in [1.165, 1.54) is 5.56 Å². The van der Waals surface area contributed by atoms with Gasteiger partial charge in [-0.2, -0.15) is 0 Å². The number of aliphatic hydroxyl groups is 1. The fourth-order valence-corrected chi connectivity index (χ4v) is 2.85. The van der Waals surface area contributed by atoms with Crippen molar-refractivity contribution < 1.29 is 19.4 Å². The Kier molecular flexibility index (Phi) is 6.86. The van der Waals surface area contributed by atoms with E-state index in [9.17, 15) is 9.90 Å². The first-order chi connectivity index (χ1) is 11.1. The van der Waals surface area contributed by atoms with Crippen molar-refractivity contribution in [1.29, 1.82) is 0 Å². The molecular formula is C18H27NO4. The molecular weight excluding hydrogens is 294 g/mol. The lowest BCUT2D eigenvalue weighted by atomic mass is 9.98. The van der Waals surface area contributed by atoms with Gasteiger partial charge in [0, 0.05) is 13.1 Å². The van der Waals surface area contributed by atoms with Crippen LogP contribution in [0.5, 0.6) is 5.75 Å². The number of aliphatic hydroxyl groups excluding tert-OH is 1. The molecule has 1 aromatic carbocycles. The number of β-amino-alcohol motifs (C(OH)–C–C–N with tert-alkyl or cyclic N) is 1. The topological polar surface area (TPSA) is 59.0 Å². The van der Waals surface area contributed by atoms with Crippen molar-refractivity contribution in [2.45, 2.75) is 32.8 Å². The second-order valence-electron chi connectivity index (χ2n) is 6.13. The highest BCUT2D eigenvalue weighted by Gasteiger charge is 2.27. The lowest BCUT2D eigenvalue weighted by Gasteiger charge is -2.32. The van der Waals surface area contributed by atoms with E-state index in [2.05, 4.69) is 4.90 Å². The molecule has 5 heteroatoms. The summed E-state index contributed by atoms with van der Waals surface area (Å²) < 4.78 is 10.7. The van der Waals surface area contributed by atoms with Crippen LogP contribution in [0, 0.1) is 12.8 Å². The average molecular weight is 321 g/mol. The van der Waals surface area contributed by atoms with E-state index in [0.717, 1.165) is 25.1 Å². The third-order valence-electron chi connectivity index (χ3n) is 4.06. The van der Waals surface area contributed by atoms with Crippen molar-refractivity contribution in [1.82, 2.24) is 4.90 Å². The normalized spacial score (nSPS) is 20.0. The van der Waals surface area contributed by atoms with Gasteiger partial charge in [-0.25, -0.2) is 0 Å². The zero-order chi connectivity index (χ0) is 16.7. The second kappa shape index (κ2) is 8.89. The van der Waals surface area contributed by atoms with Crippen LogP contribution in [0.15, 0.2) is 24.3 Å². The van der Waals surface area contributed by atoms with Gasteiger partial charge in [-0.3, -0.25) is 9.69 Å². The highest BCUT2D eigenvalue weighted by Crippen LogP contribution is 2.18. The van der Waals surface area contributed by atoms with Gasteiger partial charge in [0.2, 0.25) is 0 Å². The molecule has 1 fully saturated rings. The zero-order valence-electron chi connectivity index (χ0n) is 14.0. The summed E-state index contributed by atoms with van der Waals surface area (Å²) in [5.41, 5.74) is 1.18. The van der Waals surface area contributed by atoms with Gasteiger partial charge in [-0.15, -0.1) is 0 Å². The van der Waals surface area contributed by atoms with Crippen LogP contribution < -0.4 is 4.74 Å². The van der Waals surface area contributed by atoms with Crippen LogP contribution in [0.3, 0.4) is 0 Å². The molecule has 1 aliphatic rings. The molecule has 0 amide bonds. The first-order valence-corrected chi connectivity index (χ1v) is 8.35. The van der Waals surface area contributed by atoms with E-state index in [1.54, 1.807) is 0 Å². The SMILES string of the molecule is CCOC(=O)[C@H]1CCCN(C[C@@H](O)COc2ccc(C)cc2)C1. The van der Waals surface area contributed by atoms with Gasteiger partial charge in [-0.1, -0.05) is 17.7 Å². The van der Waals surface area contributed by atoms with Gasteiger partial charge in [0.1, 0.15) is 18.5 Å². The molecule has 23 heavy (non-hydrogen) atoms. The summed E-state index contributed by atoms with van der Waals surface area (Å²) in [7, 11) is 0. The number of hydrogen-bond donors (Lipinski definition) is 1. The highest BCUT2D eigenvalue weighted by atomic mass is 16.5. The first-order valence-electron chi connectivity index (χ1n) is 8.35. The number of aryl methyl sites for hydroxylation is 1. The Balaban J connectivity index is 1.74. The molecule has 1 saturated heterocycles. The van der Waals surface area contributed by atoms with Crippen molar-refractivity contribution in [2.75, 3.05) is 32.8 Å². The van der Waals surface area contributed by atoms with Crippen LogP contribution in [-0.2, 0) is 9.53 Å². The number of rotatable bonds is 7. The van der Waals surface area contributed by atoms with Crippen molar-refractivity contribution in [3.63, 3.8) is 0 Å². The minimum Gasteiger partial charge on any atom is -0.491 e. The monoisotopic (exact) mass is 321 g/mol. The Hall–Kier alpha value is -1.59. The fraction of sp³-hybridized carbons (Fsp3) is 0.611. The lowest BCUT2D eigenvalue weighted by Crippen LogP contribution is -2.44. The first kappa shape index (κ1) is 17.8. The molecule has 128 valence electrons. The molecule has 0 aliphatic carbocycles. The van der Waals surface area contributed by atoms with Crippen molar-refractivity contribution in [3.05, 3.63) is 29.8 Å². The largest absolute Gasteiger partial charge is 0.491 e. The summed E-state index contributed by atoms with van der Waals surface area (Å²) in [4.78, 5) is 14.0. The van der Waals surface area contributed by atoms with E-state index in [0.29, 0.717) is 19.7 Å². The molecule has 1 aliphatic heterocycles. The van der Waals surface area contributed by atoms with Gasteiger partial charge in [0.05, 0.1) is 12.5 Å². The maximum Gasteiger partial charge on any atom is 0.310 e. The summed E-state index contributed by atoms with van der Waals surface area (Å²) in [6.07, 6.45) is 1.25. The molecule has 2 rings (SSSR count). The van der Waals surface area contributed by atoms with Crippen LogP contribution in [0.25, 0.3) is 0 Å². The van der Waals surface area contributed by atoms with Gasteiger partial charge in [-0.05, 0) is 45.4 Å². The van der Waals surface area contributed by atoms with Crippen molar-refractivity contribution in [3.8, 4) is 5.75 Å². The Labute approximate surface area is 138 Å². The number of carbonyl (C=O) groups is 1. The van der Waals surface area contributed by atoms with Crippen molar-refractivity contribution >= 4 is 5.97 Å². The Bertz CT molecular complexity index is 488. The summed E-state index contributed by atoms with van der Waals surface area (Å²) in [6.45, 7) is 6.59. The minimum absolute atomic E-state index is 0.0751. The van der Waals surface area contributed by atoms with Gasteiger partial charge < -0.3 is 14.6 Å². The van der Waals surface area contributed by atoms with Crippen LogP contribution in [-0.4, -0.2) is 54.9 Å². The lowest BCUT2D eigenvalue weighted by molar-refractivity contribution is -0.150. The standard InChI is InChI=1S/C18H27NO4/c1-3-22-18(21)15-5-4-10-19(11-15)12-16(20)13-23-17-8-6-14(2)7-9-17/h6-9,15-16,20H,3-5,10-13H2,1-2H3/t15-,16+/m0/s1. The molecule has 1 heterocycles. The Morgan fingerprint density at radius 1 is 1.39 bits per heavy atom. The van der Waals surface area contributed by atoms with Crippen LogP contribution in [0.1, 0.15) is 25.3 Å². The quantitative estimate of drug-likeness (QED) is 0.779. The second-order valence-corrected chi connectivity index (χ2v) is 6.13. The Morgan fingerprint density at radius 3 is 2.83 bits per heavy atom. The molecule has 0 spiro atoms. The predicted molar refractivity (Wildman–Crippen MR) is 88.5 cm³/mol. The molecule has 2 atom stereocenters. The van der Waals surface area contributed by atoms with Crippen LogP contribution in [0.4, 0.5) is 0 Å². The minimum atomic E-state index is -0.572. The zero-order valence-corrected chi connectivity index (χ0v) is 14.0. The third-order valence-corrected chi connectivity index (χ3v) is 4.06. The molecule has 1 N–H and O–H groups in total. The molecule has 5 nitrogen and oxygen atoms in total. The van der Waals surface area contributed by atoms with Crippen LogP contribution in [0.2, 0.25) is 0 Å². The van der Waals surface area contributed by atoms with Crippen LogP contribution >= 0.6 is 0 Å². The summed E-state index contributed by atoms with van der Waals surface area (Å²) >= 11 is 0. The maximum atomic E-state index is 11.8. The number of ether oxygens (including phenoxy) is 2. The van der Waals surface area contributed by atoms with Gasteiger partial charge in [0.15, 0.2) is 0 Å². The summed E-state index contributed by atoms with van der Waals surface area (Å²) in [5.74, 6) is 0.564. The number of nitrogens with zero attached hydrogens (tertiary/aromatic N) is 1. The summed E-state index contributed by atoms with van der Waals surface area (Å²) in [5, 5.41) is 10.2. The van der Waals surface area contributed by atoms with Gasteiger partial charge >= 0.3 is 5.97 Å². The molecule has 0 radical (unpaired) electrons. The molecule has 0 aromatic heterocycles. The average Bonchev–Trinajstić information content (AvgIpc) is 2.55. The smallest absolute Gasteiger partial charge is 0.310 e. The molecule has 0 bridgehead atoms. The highest BCUT2D eigenvalue weighted by molar-refractivity contribution is 5.72. The van der Waals surface area contributed by atoms with Gasteiger partial charge in [0.25, 0.3) is 0 Å². The van der Waals surface area contributed by atoms with E-state index < -0.39 is 6.10 Å². The Morgan fingerprint density at radius 2 is 2.13 bits per heavy atom. The fourth-order valence-electron chi connectivity index (χ4n) is 2.85. The number of likely N-dealkylation sites (tertiary alicyclic amines) is 1. The number of esters is 1. The molecule has 0 unspecified atom stereocenters. The number of piperidine rings is 1. The number of carbonyl (C=O) groups excluding carboxylic acids is 1. The van der Waals surface area contributed by atoms with E-state index in [-0.39, 0.29) is 18.5 Å². The van der Waals surface area contributed by atoms with E-state index in [1.807, 2.05) is 38.1 Å². The van der Waals surface area contributed by atoms with E-state index >= 15 is 0 Å². The maximum absolute atomic E-state index is 11.8. The van der Waals surface area contributed by atoms with Crippen molar-refractivity contribution in [2.24, 2.45) is 5.92 Å². The number of hydrogen-bond acceptors (Lipinski definition) is 5. The van der Waals surface area contributed by atoms with E-state index in [4.69, 9.17) is 9.47 Å².